The molecule has 0 aliphatic heterocycles. The Morgan fingerprint density at radius 3 is 2.58 bits per heavy atom. The van der Waals surface area contributed by atoms with E-state index < -0.39 is 5.97 Å². The van der Waals surface area contributed by atoms with Gasteiger partial charge in [-0.25, -0.2) is 4.79 Å². The van der Waals surface area contributed by atoms with E-state index in [1.165, 1.54) is 7.11 Å². The third kappa shape index (κ3) is 4.77. The number of ether oxygens (including phenoxy) is 1. The van der Waals surface area contributed by atoms with Crippen LogP contribution in [0.5, 0.6) is 0 Å². The van der Waals surface area contributed by atoms with Gasteiger partial charge in [0.15, 0.2) is 0 Å². The van der Waals surface area contributed by atoms with Gasteiger partial charge in [-0.2, -0.15) is 0 Å². The van der Waals surface area contributed by atoms with Crippen molar-refractivity contribution in [2.75, 3.05) is 7.11 Å². The van der Waals surface area contributed by atoms with Crippen LogP contribution in [0.3, 0.4) is 0 Å². The van der Waals surface area contributed by atoms with Gasteiger partial charge in [0, 0.05) is 0 Å². The number of esters is 1. The molecule has 0 spiro atoms. The minimum absolute atomic E-state index is 0.207. The summed E-state index contributed by atoms with van der Waals surface area (Å²) < 4.78 is 4.44. The van der Waals surface area contributed by atoms with Gasteiger partial charge < -0.3 is 10.5 Å². The summed E-state index contributed by atoms with van der Waals surface area (Å²) in [4.78, 5) is 10.8. The van der Waals surface area contributed by atoms with E-state index in [0.717, 1.165) is 12.8 Å². The molecule has 0 aliphatic rings. The molecule has 3 heteroatoms. The molecule has 0 aromatic heterocycles. The van der Waals surface area contributed by atoms with E-state index in [1.54, 1.807) is 6.08 Å². The van der Waals surface area contributed by atoms with Gasteiger partial charge in [-0.3, -0.25) is 0 Å². The lowest BCUT2D eigenvalue weighted by Gasteiger charge is -2.01. The minimum Gasteiger partial charge on any atom is -0.464 e. The summed E-state index contributed by atoms with van der Waals surface area (Å²) in [5.41, 5.74) is 5.61. The summed E-state index contributed by atoms with van der Waals surface area (Å²) in [5, 5.41) is 0. The summed E-state index contributed by atoms with van der Waals surface area (Å²) in [5.74, 6) is 0.186. The Kier molecular flexibility index (Phi) is 5.17. The fraction of sp³-hybridized carbons (Fsp3) is 0.667. The molecule has 12 heavy (non-hydrogen) atoms. The number of hydrogen-bond donors (Lipinski definition) is 1. The molecule has 0 aliphatic carbocycles. The highest BCUT2D eigenvalue weighted by Gasteiger charge is 2.02. The molecular weight excluding hydrogens is 154 g/mol. The average molecular weight is 171 g/mol. The topological polar surface area (TPSA) is 52.3 Å². The second-order valence-electron chi connectivity index (χ2n) is 3.12. The van der Waals surface area contributed by atoms with Gasteiger partial charge in [0.25, 0.3) is 0 Å². The largest absolute Gasteiger partial charge is 0.464 e. The zero-order valence-corrected chi connectivity index (χ0v) is 7.96. The van der Waals surface area contributed by atoms with Crippen molar-refractivity contribution in [2.45, 2.75) is 26.7 Å². The summed E-state index contributed by atoms with van der Waals surface area (Å²) in [6.07, 6.45) is 3.59. The number of hydrogen-bond acceptors (Lipinski definition) is 3. The van der Waals surface area contributed by atoms with Crippen LogP contribution in [-0.2, 0) is 9.53 Å². The van der Waals surface area contributed by atoms with Crippen molar-refractivity contribution in [2.24, 2.45) is 11.7 Å². The summed E-state index contributed by atoms with van der Waals surface area (Å²) in [6.45, 7) is 4.25. The third-order valence-electron chi connectivity index (χ3n) is 1.53. The van der Waals surface area contributed by atoms with Crippen LogP contribution in [0.4, 0.5) is 0 Å². The zero-order valence-electron chi connectivity index (χ0n) is 7.96. The van der Waals surface area contributed by atoms with E-state index in [4.69, 9.17) is 5.73 Å². The Bertz CT molecular complexity index is 173. The predicted molar refractivity (Wildman–Crippen MR) is 48.4 cm³/mol. The van der Waals surface area contributed by atoms with E-state index in [1.807, 2.05) is 0 Å². The first kappa shape index (κ1) is 11.0. The molecule has 0 amide bonds. The lowest BCUT2D eigenvalue weighted by Crippen LogP contribution is -2.12. The Morgan fingerprint density at radius 2 is 2.17 bits per heavy atom. The van der Waals surface area contributed by atoms with Gasteiger partial charge >= 0.3 is 5.97 Å². The lowest BCUT2D eigenvalue weighted by molar-refractivity contribution is -0.136. The van der Waals surface area contributed by atoms with Crippen molar-refractivity contribution in [1.82, 2.24) is 0 Å². The SMILES string of the molecule is COC(=O)C(N)=CCCC(C)C. The average Bonchev–Trinajstić information content (AvgIpc) is 2.02. The summed E-state index contributed by atoms with van der Waals surface area (Å²) in [6, 6.07) is 0. The Balaban J connectivity index is 3.76. The molecule has 0 fully saturated rings. The van der Waals surface area contributed by atoms with Crippen molar-refractivity contribution < 1.29 is 9.53 Å². The van der Waals surface area contributed by atoms with Crippen LogP contribution < -0.4 is 5.73 Å². The van der Waals surface area contributed by atoms with Crippen molar-refractivity contribution in [3.05, 3.63) is 11.8 Å². The Hall–Kier alpha value is -0.990. The van der Waals surface area contributed by atoms with Gasteiger partial charge in [0.2, 0.25) is 0 Å². The number of rotatable bonds is 4. The second-order valence-corrected chi connectivity index (χ2v) is 3.12. The summed E-state index contributed by atoms with van der Waals surface area (Å²) in [7, 11) is 1.32. The number of allylic oxidation sites excluding steroid dienone is 1. The molecule has 0 saturated heterocycles. The highest BCUT2D eigenvalue weighted by atomic mass is 16.5. The molecular formula is C9H17NO2. The fourth-order valence-corrected chi connectivity index (χ4v) is 0.773. The van der Waals surface area contributed by atoms with E-state index in [2.05, 4.69) is 18.6 Å². The quantitative estimate of drug-likeness (QED) is 0.514. The maximum absolute atomic E-state index is 10.8. The highest BCUT2D eigenvalue weighted by molar-refractivity contribution is 5.87. The minimum atomic E-state index is -0.446. The van der Waals surface area contributed by atoms with Crippen LogP contribution in [0.2, 0.25) is 0 Å². The number of methoxy groups -OCH3 is 1. The molecule has 0 atom stereocenters. The third-order valence-corrected chi connectivity index (χ3v) is 1.53. The normalized spacial score (nSPS) is 11.8. The smallest absolute Gasteiger partial charge is 0.353 e. The Labute approximate surface area is 73.6 Å². The molecule has 0 aromatic carbocycles. The van der Waals surface area contributed by atoms with Crippen LogP contribution >= 0.6 is 0 Å². The molecule has 3 nitrogen and oxygen atoms in total. The molecule has 0 bridgehead atoms. The summed E-state index contributed by atoms with van der Waals surface area (Å²) >= 11 is 0. The molecule has 0 heterocycles. The molecule has 0 unspecified atom stereocenters. The van der Waals surface area contributed by atoms with Gasteiger partial charge in [0.1, 0.15) is 5.70 Å². The first-order valence-corrected chi connectivity index (χ1v) is 4.12. The first-order valence-electron chi connectivity index (χ1n) is 4.12. The van der Waals surface area contributed by atoms with Gasteiger partial charge in [0.05, 0.1) is 7.11 Å². The molecule has 0 saturated carbocycles. The van der Waals surface area contributed by atoms with Crippen LogP contribution in [0.25, 0.3) is 0 Å². The number of carbonyl (C=O) groups excluding carboxylic acids is 1. The molecule has 0 aromatic rings. The first-order chi connectivity index (χ1) is 5.57. The van der Waals surface area contributed by atoms with Crippen LogP contribution in [0.15, 0.2) is 11.8 Å². The monoisotopic (exact) mass is 171 g/mol. The van der Waals surface area contributed by atoms with Crippen LogP contribution in [0, 0.1) is 5.92 Å². The zero-order chi connectivity index (χ0) is 9.56. The van der Waals surface area contributed by atoms with Crippen molar-refractivity contribution in [3.63, 3.8) is 0 Å². The van der Waals surface area contributed by atoms with E-state index >= 15 is 0 Å². The van der Waals surface area contributed by atoms with Crippen molar-refractivity contribution >= 4 is 5.97 Å². The van der Waals surface area contributed by atoms with Gasteiger partial charge in [-0.1, -0.05) is 19.9 Å². The predicted octanol–water partition coefficient (Wildman–Crippen LogP) is 1.44. The van der Waals surface area contributed by atoms with Crippen LogP contribution in [0.1, 0.15) is 26.7 Å². The van der Waals surface area contributed by atoms with E-state index in [9.17, 15) is 4.79 Å². The van der Waals surface area contributed by atoms with Gasteiger partial charge in [-0.15, -0.1) is 0 Å². The van der Waals surface area contributed by atoms with Gasteiger partial charge in [-0.05, 0) is 18.8 Å². The fourth-order valence-electron chi connectivity index (χ4n) is 0.773. The second kappa shape index (κ2) is 5.63. The van der Waals surface area contributed by atoms with Crippen molar-refractivity contribution in [3.8, 4) is 0 Å². The number of carbonyl (C=O) groups is 1. The molecule has 0 radical (unpaired) electrons. The van der Waals surface area contributed by atoms with Crippen LogP contribution in [-0.4, -0.2) is 13.1 Å². The lowest BCUT2D eigenvalue weighted by atomic mass is 10.1. The maximum atomic E-state index is 10.8. The molecule has 0 rings (SSSR count). The highest BCUT2D eigenvalue weighted by Crippen LogP contribution is 2.05. The number of nitrogens with two attached hydrogens (primary N) is 1. The maximum Gasteiger partial charge on any atom is 0.353 e. The molecule has 70 valence electrons. The standard InChI is InChI=1S/C9H17NO2/c1-7(2)5-4-6-8(10)9(11)12-3/h6-7H,4-5,10H2,1-3H3. The van der Waals surface area contributed by atoms with E-state index in [0.29, 0.717) is 5.92 Å². The molecule has 2 N–H and O–H groups in total. The Morgan fingerprint density at radius 1 is 1.58 bits per heavy atom. The van der Waals surface area contributed by atoms with Crippen molar-refractivity contribution in [1.29, 1.82) is 0 Å². The van der Waals surface area contributed by atoms with E-state index in [-0.39, 0.29) is 5.70 Å².